The average molecular weight is 241 g/mol. The molecule has 1 aromatic rings. The van der Waals surface area contributed by atoms with Crippen LogP contribution < -0.4 is 5.73 Å². The Morgan fingerprint density at radius 1 is 1.56 bits per heavy atom. The molecular weight excluding hydrogens is 222 g/mol. The average Bonchev–Trinajstić information content (AvgIpc) is 2.96. The normalized spacial score (nSPS) is 22.5. The molecule has 0 spiro atoms. The van der Waals surface area contributed by atoms with Gasteiger partial charge in [0.1, 0.15) is 10.0 Å². The number of hydrogen-bond donors (Lipinski definition) is 1. The summed E-state index contributed by atoms with van der Waals surface area (Å²) < 4.78 is 5.58. The van der Waals surface area contributed by atoms with E-state index in [0.717, 1.165) is 35.9 Å². The highest BCUT2D eigenvalue weighted by Gasteiger charge is 2.17. The van der Waals surface area contributed by atoms with Gasteiger partial charge in [0.05, 0.1) is 12.1 Å². The Morgan fingerprint density at radius 3 is 3.12 bits per heavy atom. The molecule has 1 aliphatic heterocycles. The fourth-order valence-electron chi connectivity index (χ4n) is 1.85. The maximum atomic E-state index is 5.91. The summed E-state index contributed by atoms with van der Waals surface area (Å²) in [7, 11) is 0. The van der Waals surface area contributed by atoms with Crippen LogP contribution in [0.2, 0.25) is 0 Å². The molecule has 4 nitrogen and oxygen atoms in total. The number of hydrogen-bond acceptors (Lipinski definition) is 5. The minimum Gasteiger partial charge on any atom is -0.378 e. The highest BCUT2D eigenvalue weighted by Crippen LogP contribution is 2.22. The van der Waals surface area contributed by atoms with Gasteiger partial charge in [-0.2, -0.15) is 0 Å². The zero-order chi connectivity index (χ0) is 11.4. The summed E-state index contributed by atoms with van der Waals surface area (Å²) in [6, 6.07) is 0.0500. The van der Waals surface area contributed by atoms with Gasteiger partial charge in [-0.15, -0.1) is 10.2 Å². The van der Waals surface area contributed by atoms with E-state index in [9.17, 15) is 0 Å². The summed E-state index contributed by atoms with van der Waals surface area (Å²) in [5.74, 6) is 0. The molecule has 2 unspecified atom stereocenters. The van der Waals surface area contributed by atoms with Crippen molar-refractivity contribution in [3.8, 4) is 0 Å². The number of aryl methyl sites for hydroxylation is 1. The molecule has 1 saturated heterocycles. The van der Waals surface area contributed by atoms with Crippen LogP contribution in [0.25, 0.3) is 0 Å². The fourth-order valence-corrected chi connectivity index (χ4v) is 2.79. The van der Waals surface area contributed by atoms with Crippen LogP contribution in [0.3, 0.4) is 0 Å². The molecule has 0 saturated carbocycles. The highest BCUT2D eigenvalue weighted by molar-refractivity contribution is 7.11. The van der Waals surface area contributed by atoms with E-state index < -0.39 is 0 Å². The summed E-state index contributed by atoms with van der Waals surface area (Å²) in [5, 5.41) is 10.4. The molecule has 1 aromatic heterocycles. The van der Waals surface area contributed by atoms with Crippen LogP contribution in [0, 0.1) is 0 Å². The summed E-state index contributed by atoms with van der Waals surface area (Å²) >= 11 is 1.65. The van der Waals surface area contributed by atoms with Gasteiger partial charge in [-0.3, -0.25) is 0 Å². The molecule has 1 fully saturated rings. The van der Waals surface area contributed by atoms with Crippen molar-refractivity contribution in [3.05, 3.63) is 10.0 Å². The van der Waals surface area contributed by atoms with Crippen LogP contribution in [-0.2, 0) is 11.2 Å². The van der Waals surface area contributed by atoms with Crippen molar-refractivity contribution in [2.45, 2.75) is 51.2 Å². The smallest absolute Gasteiger partial charge is 0.134 e. The van der Waals surface area contributed by atoms with Crippen molar-refractivity contribution in [1.29, 1.82) is 0 Å². The molecular formula is C11H19N3OS. The lowest BCUT2D eigenvalue weighted by Gasteiger charge is -2.06. The van der Waals surface area contributed by atoms with Gasteiger partial charge in [-0.1, -0.05) is 18.3 Å². The summed E-state index contributed by atoms with van der Waals surface area (Å²) in [5.41, 5.74) is 5.91. The third-order valence-corrected chi connectivity index (χ3v) is 4.06. The number of rotatable bonds is 5. The van der Waals surface area contributed by atoms with E-state index in [1.165, 1.54) is 12.8 Å². The lowest BCUT2D eigenvalue weighted by Crippen LogP contribution is -2.07. The topological polar surface area (TPSA) is 61.0 Å². The molecule has 2 rings (SSSR count). The number of nitrogens with two attached hydrogens (primary N) is 1. The minimum absolute atomic E-state index is 0.0500. The third kappa shape index (κ3) is 2.99. The standard InChI is InChI=1S/C11H19N3OS/c1-2-9(12)11-14-13-10(16-11)6-5-8-4-3-7-15-8/h8-9H,2-7,12H2,1H3. The van der Waals surface area contributed by atoms with E-state index in [1.807, 2.05) is 0 Å². The van der Waals surface area contributed by atoms with Gasteiger partial charge in [-0.25, -0.2) is 0 Å². The maximum Gasteiger partial charge on any atom is 0.134 e. The van der Waals surface area contributed by atoms with Crippen molar-refractivity contribution in [3.63, 3.8) is 0 Å². The monoisotopic (exact) mass is 241 g/mol. The predicted octanol–water partition coefficient (Wildman–Crippen LogP) is 2.06. The first-order chi connectivity index (χ1) is 7.79. The Hall–Kier alpha value is -0.520. The molecule has 1 aliphatic rings. The van der Waals surface area contributed by atoms with Crippen LogP contribution >= 0.6 is 11.3 Å². The molecule has 0 bridgehead atoms. The van der Waals surface area contributed by atoms with E-state index >= 15 is 0 Å². The van der Waals surface area contributed by atoms with Gasteiger partial charge in [0, 0.05) is 13.0 Å². The summed E-state index contributed by atoms with van der Waals surface area (Å²) in [6.07, 6.45) is 5.79. The summed E-state index contributed by atoms with van der Waals surface area (Å²) in [6.45, 7) is 2.99. The zero-order valence-corrected chi connectivity index (χ0v) is 10.5. The second kappa shape index (κ2) is 5.70. The van der Waals surface area contributed by atoms with Crippen molar-refractivity contribution in [2.24, 2.45) is 5.73 Å². The molecule has 2 heterocycles. The third-order valence-electron chi connectivity index (χ3n) is 2.94. The highest BCUT2D eigenvalue weighted by atomic mass is 32.1. The Kier molecular flexibility index (Phi) is 4.26. The molecule has 16 heavy (non-hydrogen) atoms. The number of nitrogens with zero attached hydrogens (tertiary/aromatic N) is 2. The Bertz CT molecular complexity index is 323. The molecule has 0 aliphatic carbocycles. The van der Waals surface area contributed by atoms with Gasteiger partial charge in [0.2, 0.25) is 0 Å². The Morgan fingerprint density at radius 2 is 2.44 bits per heavy atom. The van der Waals surface area contributed by atoms with Crippen LogP contribution in [0.5, 0.6) is 0 Å². The SMILES string of the molecule is CCC(N)c1nnc(CCC2CCCO2)s1. The minimum atomic E-state index is 0.0500. The maximum absolute atomic E-state index is 5.91. The second-order valence-corrected chi connectivity index (χ2v) is 5.32. The zero-order valence-electron chi connectivity index (χ0n) is 9.69. The van der Waals surface area contributed by atoms with Gasteiger partial charge in [-0.05, 0) is 25.7 Å². The summed E-state index contributed by atoms with van der Waals surface area (Å²) in [4.78, 5) is 0. The Balaban J connectivity index is 1.82. The van der Waals surface area contributed by atoms with Gasteiger partial charge in [0.25, 0.3) is 0 Å². The predicted molar refractivity (Wildman–Crippen MR) is 64.4 cm³/mol. The van der Waals surface area contributed by atoms with E-state index in [0.29, 0.717) is 6.10 Å². The first-order valence-electron chi connectivity index (χ1n) is 5.99. The first-order valence-corrected chi connectivity index (χ1v) is 6.80. The van der Waals surface area contributed by atoms with E-state index in [2.05, 4.69) is 17.1 Å². The molecule has 0 amide bonds. The van der Waals surface area contributed by atoms with Crippen molar-refractivity contribution < 1.29 is 4.74 Å². The molecule has 2 atom stereocenters. The quantitative estimate of drug-likeness (QED) is 0.857. The number of aromatic nitrogens is 2. The molecule has 0 radical (unpaired) electrons. The van der Waals surface area contributed by atoms with E-state index in [1.54, 1.807) is 11.3 Å². The second-order valence-electron chi connectivity index (χ2n) is 4.22. The van der Waals surface area contributed by atoms with Crippen LogP contribution in [0.4, 0.5) is 0 Å². The fraction of sp³-hybridized carbons (Fsp3) is 0.818. The molecule has 2 N–H and O–H groups in total. The molecule has 5 heteroatoms. The lowest BCUT2D eigenvalue weighted by atomic mass is 10.1. The van der Waals surface area contributed by atoms with Crippen molar-refractivity contribution >= 4 is 11.3 Å². The van der Waals surface area contributed by atoms with Crippen LogP contribution in [-0.4, -0.2) is 22.9 Å². The lowest BCUT2D eigenvalue weighted by molar-refractivity contribution is 0.104. The number of ether oxygens (including phenoxy) is 1. The van der Waals surface area contributed by atoms with Crippen molar-refractivity contribution in [2.75, 3.05) is 6.61 Å². The largest absolute Gasteiger partial charge is 0.378 e. The van der Waals surface area contributed by atoms with Gasteiger partial charge in [0.15, 0.2) is 0 Å². The van der Waals surface area contributed by atoms with E-state index in [-0.39, 0.29) is 6.04 Å². The first kappa shape index (κ1) is 12.0. The Labute approximate surface area is 100 Å². The molecule has 90 valence electrons. The van der Waals surface area contributed by atoms with Crippen LogP contribution in [0.15, 0.2) is 0 Å². The van der Waals surface area contributed by atoms with Crippen molar-refractivity contribution in [1.82, 2.24) is 10.2 Å². The van der Waals surface area contributed by atoms with Gasteiger partial charge < -0.3 is 10.5 Å². The van der Waals surface area contributed by atoms with Crippen LogP contribution in [0.1, 0.15) is 48.7 Å². The van der Waals surface area contributed by atoms with E-state index in [4.69, 9.17) is 10.5 Å². The molecule has 0 aromatic carbocycles. The van der Waals surface area contributed by atoms with Gasteiger partial charge >= 0.3 is 0 Å².